The smallest absolute Gasteiger partial charge is 0.294 e. The first-order valence-electron chi connectivity index (χ1n) is 3.57. The number of alkyl halides is 6. The van der Waals surface area contributed by atoms with Gasteiger partial charge in [0.25, 0.3) is 0 Å². The molecule has 0 aliphatic carbocycles. The topological polar surface area (TPSA) is 17.1 Å². The summed E-state index contributed by atoms with van der Waals surface area (Å²) in [6, 6.07) is 0. The Morgan fingerprint density at radius 3 is 1.73 bits per heavy atom. The lowest BCUT2D eigenvalue weighted by Crippen LogP contribution is -2.41. The van der Waals surface area contributed by atoms with Crippen LogP contribution >= 0.6 is 0 Å². The fourth-order valence-corrected chi connectivity index (χ4v) is 0.767. The Morgan fingerprint density at radius 2 is 1.47 bits per heavy atom. The molecule has 0 aromatic carbocycles. The maximum absolute atomic E-state index is 11.9. The predicted octanol–water partition coefficient (Wildman–Crippen LogP) is 3.04. The van der Waals surface area contributed by atoms with Gasteiger partial charge in [-0.2, -0.15) is 26.3 Å². The SMILES string of the molecule is C=CC=CC(=O)C(C(F)(F)F)C(F)(F)F. The third-order valence-corrected chi connectivity index (χ3v) is 1.34. The van der Waals surface area contributed by atoms with Crippen LogP contribution in [-0.2, 0) is 4.79 Å². The Balaban J connectivity index is 5.06. The molecule has 0 heterocycles. The molecule has 0 saturated heterocycles. The Labute approximate surface area is 81.1 Å². The molecule has 0 unspecified atom stereocenters. The largest absolute Gasteiger partial charge is 0.407 e. The van der Waals surface area contributed by atoms with E-state index in [9.17, 15) is 31.1 Å². The zero-order chi connectivity index (χ0) is 12.3. The summed E-state index contributed by atoms with van der Waals surface area (Å²) in [4.78, 5) is 10.6. The number of hydrogen-bond donors (Lipinski definition) is 0. The normalized spacial score (nSPS) is 13.5. The molecule has 0 atom stereocenters. The van der Waals surface area contributed by atoms with E-state index in [0.29, 0.717) is 6.08 Å². The van der Waals surface area contributed by atoms with Crippen LogP contribution < -0.4 is 0 Å². The molecule has 0 aromatic heterocycles. The van der Waals surface area contributed by atoms with Gasteiger partial charge in [0.05, 0.1) is 0 Å². The second-order valence-corrected chi connectivity index (χ2v) is 2.51. The first-order chi connectivity index (χ1) is 6.60. The number of ketones is 1. The number of allylic oxidation sites excluding steroid dienone is 3. The highest BCUT2D eigenvalue weighted by molar-refractivity contribution is 5.93. The fourth-order valence-electron chi connectivity index (χ4n) is 0.767. The number of rotatable bonds is 3. The minimum absolute atomic E-state index is 0.193. The average molecular weight is 232 g/mol. The number of halogens is 6. The van der Waals surface area contributed by atoms with E-state index in [1.165, 1.54) is 0 Å². The molecule has 0 spiro atoms. The summed E-state index contributed by atoms with van der Waals surface area (Å²) in [6.07, 6.45) is -9.46. The van der Waals surface area contributed by atoms with Crippen molar-refractivity contribution in [2.24, 2.45) is 5.92 Å². The van der Waals surface area contributed by atoms with Crippen molar-refractivity contribution in [3.8, 4) is 0 Å². The molecule has 0 fully saturated rings. The molecule has 15 heavy (non-hydrogen) atoms. The molecular weight excluding hydrogens is 226 g/mol. The average Bonchev–Trinajstić information content (AvgIpc) is 1.94. The number of hydrogen-bond acceptors (Lipinski definition) is 1. The van der Waals surface area contributed by atoms with E-state index >= 15 is 0 Å². The lowest BCUT2D eigenvalue weighted by molar-refractivity contribution is -0.271. The van der Waals surface area contributed by atoms with Crippen molar-refractivity contribution in [3.05, 3.63) is 24.8 Å². The van der Waals surface area contributed by atoms with Crippen LogP contribution in [0.25, 0.3) is 0 Å². The van der Waals surface area contributed by atoms with Gasteiger partial charge in [-0.05, 0) is 6.08 Å². The summed E-state index contributed by atoms with van der Waals surface area (Å²) >= 11 is 0. The van der Waals surface area contributed by atoms with Gasteiger partial charge in [-0.1, -0.05) is 18.7 Å². The second-order valence-electron chi connectivity index (χ2n) is 2.51. The van der Waals surface area contributed by atoms with Crippen LogP contribution in [0.4, 0.5) is 26.3 Å². The monoisotopic (exact) mass is 232 g/mol. The zero-order valence-corrected chi connectivity index (χ0v) is 7.19. The van der Waals surface area contributed by atoms with Crippen molar-refractivity contribution in [3.63, 3.8) is 0 Å². The summed E-state index contributed by atoms with van der Waals surface area (Å²) in [6.45, 7) is 3.01. The summed E-state index contributed by atoms with van der Waals surface area (Å²) in [5.41, 5.74) is 0. The van der Waals surface area contributed by atoms with Gasteiger partial charge in [0.1, 0.15) is 0 Å². The second kappa shape index (κ2) is 4.50. The minimum atomic E-state index is -5.64. The highest BCUT2D eigenvalue weighted by atomic mass is 19.4. The van der Waals surface area contributed by atoms with Crippen LogP contribution in [0.15, 0.2) is 24.8 Å². The Morgan fingerprint density at radius 1 is 1.07 bits per heavy atom. The quantitative estimate of drug-likeness (QED) is 0.415. The van der Waals surface area contributed by atoms with Gasteiger partial charge in [0, 0.05) is 0 Å². The zero-order valence-electron chi connectivity index (χ0n) is 7.19. The summed E-state index contributed by atoms with van der Waals surface area (Å²) in [7, 11) is 0. The van der Waals surface area contributed by atoms with E-state index in [0.717, 1.165) is 6.08 Å². The van der Waals surface area contributed by atoms with Crippen LogP contribution in [-0.4, -0.2) is 18.1 Å². The molecule has 0 bridgehead atoms. The molecule has 0 saturated carbocycles. The third kappa shape index (κ3) is 4.18. The third-order valence-electron chi connectivity index (χ3n) is 1.34. The summed E-state index contributed by atoms with van der Waals surface area (Å²) in [5.74, 6) is -6.03. The lowest BCUT2D eigenvalue weighted by atomic mass is 10.0. The van der Waals surface area contributed by atoms with E-state index < -0.39 is 24.1 Å². The van der Waals surface area contributed by atoms with Crippen LogP contribution in [0.1, 0.15) is 0 Å². The van der Waals surface area contributed by atoms with Gasteiger partial charge >= 0.3 is 12.4 Å². The molecule has 0 radical (unpaired) electrons. The van der Waals surface area contributed by atoms with Crippen molar-refractivity contribution >= 4 is 5.78 Å². The molecule has 0 rings (SSSR count). The van der Waals surface area contributed by atoms with Crippen molar-refractivity contribution in [1.29, 1.82) is 0 Å². The van der Waals surface area contributed by atoms with Gasteiger partial charge in [-0.25, -0.2) is 0 Å². The number of carbonyl (C=O) groups is 1. The molecule has 7 heteroatoms. The van der Waals surface area contributed by atoms with Crippen LogP contribution in [0, 0.1) is 5.92 Å². The Bertz CT molecular complexity index is 258. The Kier molecular flexibility index (Phi) is 4.12. The maximum atomic E-state index is 11.9. The van der Waals surface area contributed by atoms with Crippen molar-refractivity contribution < 1.29 is 31.1 Å². The first kappa shape index (κ1) is 13.7. The Hall–Kier alpha value is -1.27. The molecule has 0 aromatic rings. The summed E-state index contributed by atoms with van der Waals surface area (Å²) < 4.78 is 71.4. The van der Waals surface area contributed by atoms with Crippen LogP contribution in [0.5, 0.6) is 0 Å². The van der Waals surface area contributed by atoms with Gasteiger partial charge in [0.15, 0.2) is 5.78 Å². The van der Waals surface area contributed by atoms with Crippen molar-refractivity contribution in [2.45, 2.75) is 12.4 Å². The fraction of sp³-hybridized carbons (Fsp3) is 0.375. The molecule has 0 aliphatic rings. The van der Waals surface area contributed by atoms with E-state index in [-0.39, 0.29) is 6.08 Å². The van der Waals surface area contributed by atoms with E-state index in [4.69, 9.17) is 0 Å². The molecule has 0 N–H and O–H groups in total. The summed E-state index contributed by atoms with van der Waals surface area (Å²) in [5, 5.41) is 0. The van der Waals surface area contributed by atoms with Crippen molar-refractivity contribution in [1.82, 2.24) is 0 Å². The van der Waals surface area contributed by atoms with Gasteiger partial charge in [0.2, 0.25) is 5.92 Å². The molecule has 86 valence electrons. The maximum Gasteiger partial charge on any atom is 0.407 e. The lowest BCUT2D eigenvalue weighted by Gasteiger charge is -2.20. The van der Waals surface area contributed by atoms with Crippen LogP contribution in [0.2, 0.25) is 0 Å². The highest BCUT2D eigenvalue weighted by Crippen LogP contribution is 2.39. The first-order valence-corrected chi connectivity index (χ1v) is 3.57. The van der Waals surface area contributed by atoms with E-state index in [2.05, 4.69) is 6.58 Å². The van der Waals surface area contributed by atoms with Crippen LogP contribution in [0.3, 0.4) is 0 Å². The van der Waals surface area contributed by atoms with Gasteiger partial charge < -0.3 is 0 Å². The van der Waals surface area contributed by atoms with E-state index in [1.807, 2.05) is 0 Å². The van der Waals surface area contributed by atoms with Gasteiger partial charge in [-0.15, -0.1) is 0 Å². The van der Waals surface area contributed by atoms with Gasteiger partial charge in [-0.3, -0.25) is 4.79 Å². The molecule has 0 aliphatic heterocycles. The predicted molar refractivity (Wildman–Crippen MR) is 39.9 cm³/mol. The van der Waals surface area contributed by atoms with E-state index in [1.54, 1.807) is 0 Å². The van der Waals surface area contributed by atoms with Crippen molar-refractivity contribution in [2.75, 3.05) is 0 Å². The standard InChI is InChI=1S/C8H6F6O/c1-2-3-4-5(15)6(7(9,10)11)8(12,13)14/h2-4,6H,1H2. The molecule has 1 nitrogen and oxygen atoms in total. The highest BCUT2D eigenvalue weighted by Gasteiger charge is 2.59. The minimum Gasteiger partial charge on any atom is -0.294 e. The number of carbonyl (C=O) groups excluding carboxylic acids is 1. The molecular formula is C8H6F6O. The molecule has 0 amide bonds.